The summed E-state index contributed by atoms with van der Waals surface area (Å²) in [7, 11) is 0. The van der Waals surface area contributed by atoms with Gasteiger partial charge in [0, 0.05) is 5.69 Å². The highest BCUT2D eigenvalue weighted by molar-refractivity contribution is 7.80. The first-order chi connectivity index (χ1) is 14.4. The van der Waals surface area contributed by atoms with Crippen LogP contribution in [0.2, 0.25) is 0 Å². The number of anilines is 1. The molecule has 0 saturated carbocycles. The number of rotatable bonds is 5. The van der Waals surface area contributed by atoms with Gasteiger partial charge in [-0.2, -0.15) is 0 Å². The van der Waals surface area contributed by atoms with E-state index in [4.69, 9.17) is 12.2 Å². The Hall–Kier alpha value is -3.99. The topological polar surface area (TPSA) is 137 Å². The predicted octanol–water partition coefficient (Wildman–Crippen LogP) is -0.176. The zero-order chi connectivity index (χ0) is 21.5. The van der Waals surface area contributed by atoms with Crippen molar-refractivity contribution in [3.63, 3.8) is 0 Å². The molecular weight excluding hydrogens is 408 g/mol. The maximum absolute atomic E-state index is 12.4. The minimum atomic E-state index is -0.711. The summed E-state index contributed by atoms with van der Waals surface area (Å²) in [6.45, 7) is -0.895. The summed E-state index contributed by atoms with van der Waals surface area (Å²) in [5.74, 6) is -1.24. The molecule has 0 saturated heterocycles. The van der Waals surface area contributed by atoms with Gasteiger partial charge in [-0.15, -0.1) is 0 Å². The van der Waals surface area contributed by atoms with Gasteiger partial charge in [0.1, 0.15) is 6.54 Å². The van der Waals surface area contributed by atoms with Gasteiger partial charge < -0.3 is 15.6 Å². The van der Waals surface area contributed by atoms with Gasteiger partial charge in [0.15, 0.2) is 5.11 Å². The minimum absolute atomic E-state index is 0.162. The van der Waals surface area contributed by atoms with Gasteiger partial charge in [0.25, 0.3) is 11.5 Å². The lowest BCUT2D eigenvalue weighted by Crippen LogP contribution is -2.48. The molecule has 10 nitrogen and oxygen atoms in total. The first-order valence-electron chi connectivity index (χ1n) is 8.83. The lowest BCUT2D eigenvalue weighted by molar-refractivity contribution is -0.126. The summed E-state index contributed by atoms with van der Waals surface area (Å²) in [4.78, 5) is 50.9. The third-order valence-corrected chi connectivity index (χ3v) is 4.19. The molecular formula is C19H18N6O4S. The molecule has 0 aliphatic rings. The van der Waals surface area contributed by atoms with Crippen molar-refractivity contribution >= 4 is 45.7 Å². The molecule has 0 fully saturated rings. The number of hydrazine groups is 1. The Morgan fingerprint density at radius 2 is 1.63 bits per heavy atom. The number of carbonyl (C=O) groups excluding carboxylic acids is 2. The van der Waals surface area contributed by atoms with Crippen LogP contribution in [0.1, 0.15) is 0 Å². The van der Waals surface area contributed by atoms with Crippen LogP contribution in [0.3, 0.4) is 0 Å². The number of aromatic nitrogens is 2. The number of fused-ring (bicyclic) bond motifs is 1. The number of nitrogens with zero attached hydrogens (tertiary/aromatic N) is 1. The highest BCUT2D eigenvalue weighted by atomic mass is 32.1. The maximum Gasteiger partial charge on any atom is 0.329 e. The van der Waals surface area contributed by atoms with E-state index in [2.05, 4.69) is 26.5 Å². The van der Waals surface area contributed by atoms with E-state index in [1.165, 1.54) is 0 Å². The van der Waals surface area contributed by atoms with Gasteiger partial charge >= 0.3 is 5.69 Å². The Morgan fingerprint density at radius 3 is 2.40 bits per heavy atom. The molecule has 0 radical (unpaired) electrons. The SMILES string of the molecule is O=C(Cn1c(=O)[nH]c2ccccc2c1=O)NCC(=O)NNC(=S)Nc1ccccc1. The Bertz CT molecular complexity index is 1200. The van der Waals surface area contributed by atoms with Crippen LogP contribution in [0.15, 0.2) is 64.2 Å². The molecule has 1 heterocycles. The first-order valence-corrected chi connectivity index (χ1v) is 9.24. The molecule has 0 atom stereocenters. The lowest BCUT2D eigenvalue weighted by atomic mass is 10.2. The third kappa shape index (κ3) is 5.29. The van der Waals surface area contributed by atoms with E-state index in [0.29, 0.717) is 5.52 Å². The lowest BCUT2D eigenvalue weighted by Gasteiger charge is -2.12. The van der Waals surface area contributed by atoms with Gasteiger partial charge in [0.2, 0.25) is 5.91 Å². The number of thiocarbonyl (C=S) groups is 1. The smallest absolute Gasteiger partial charge is 0.329 e. The fourth-order valence-electron chi connectivity index (χ4n) is 2.58. The second-order valence-corrected chi connectivity index (χ2v) is 6.55. The Labute approximate surface area is 175 Å². The Kier molecular flexibility index (Phi) is 6.55. The number of hydrogen-bond donors (Lipinski definition) is 5. The molecule has 0 aliphatic carbocycles. The molecule has 0 aliphatic heterocycles. The average Bonchev–Trinajstić information content (AvgIpc) is 2.74. The molecule has 0 bridgehead atoms. The van der Waals surface area contributed by atoms with Gasteiger partial charge in [-0.1, -0.05) is 30.3 Å². The molecule has 3 aromatic rings. The normalized spacial score (nSPS) is 10.3. The average molecular weight is 426 g/mol. The minimum Gasteiger partial charge on any atom is -0.345 e. The van der Waals surface area contributed by atoms with E-state index in [1.54, 1.807) is 36.4 Å². The molecule has 0 unspecified atom stereocenters. The van der Waals surface area contributed by atoms with Crippen LogP contribution in [-0.4, -0.2) is 33.0 Å². The second kappa shape index (κ2) is 9.47. The molecule has 2 amide bonds. The van der Waals surface area contributed by atoms with Crippen LogP contribution in [0.25, 0.3) is 10.9 Å². The van der Waals surface area contributed by atoms with E-state index in [-0.39, 0.29) is 17.0 Å². The van der Waals surface area contributed by atoms with Crippen molar-refractivity contribution < 1.29 is 9.59 Å². The van der Waals surface area contributed by atoms with Crippen LogP contribution in [0, 0.1) is 0 Å². The van der Waals surface area contributed by atoms with E-state index in [9.17, 15) is 19.2 Å². The summed E-state index contributed by atoms with van der Waals surface area (Å²) < 4.78 is 0.771. The third-order valence-electron chi connectivity index (χ3n) is 3.98. The quantitative estimate of drug-likeness (QED) is 0.282. The number of hydrogen-bond acceptors (Lipinski definition) is 5. The molecule has 2 aromatic carbocycles. The van der Waals surface area contributed by atoms with Crippen molar-refractivity contribution in [3.05, 3.63) is 75.4 Å². The standard InChI is InChI=1S/C19H18N6O4S/c26-15(23-24-18(30)21-12-6-2-1-3-7-12)10-20-16(27)11-25-17(28)13-8-4-5-9-14(13)22-19(25)29/h1-9H,10-11H2,(H,20,27)(H,22,29)(H,23,26)(H2,21,24,30). The van der Waals surface area contributed by atoms with Crippen LogP contribution in [0.5, 0.6) is 0 Å². The van der Waals surface area contributed by atoms with E-state index in [1.807, 2.05) is 18.2 Å². The van der Waals surface area contributed by atoms with Crippen LogP contribution >= 0.6 is 12.2 Å². The number of benzene rings is 2. The first kappa shape index (κ1) is 20.7. The molecule has 5 N–H and O–H groups in total. The fraction of sp³-hybridized carbons (Fsp3) is 0.105. The number of para-hydroxylation sites is 2. The highest BCUT2D eigenvalue weighted by Crippen LogP contribution is 2.04. The Balaban J connectivity index is 1.49. The van der Waals surface area contributed by atoms with E-state index < -0.39 is 29.6 Å². The second-order valence-electron chi connectivity index (χ2n) is 6.14. The summed E-state index contributed by atoms with van der Waals surface area (Å²) in [6.07, 6.45) is 0. The van der Waals surface area contributed by atoms with Crippen molar-refractivity contribution in [2.24, 2.45) is 0 Å². The highest BCUT2D eigenvalue weighted by Gasteiger charge is 2.12. The fourth-order valence-corrected chi connectivity index (χ4v) is 2.74. The van der Waals surface area contributed by atoms with Crippen molar-refractivity contribution in [1.29, 1.82) is 0 Å². The number of aromatic amines is 1. The summed E-state index contributed by atoms with van der Waals surface area (Å²) in [5.41, 5.74) is 4.65. The Morgan fingerprint density at radius 1 is 0.933 bits per heavy atom. The summed E-state index contributed by atoms with van der Waals surface area (Å²) in [5, 5.41) is 5.65. The van der Waals surface area contributed by atoms with E-state index >= 15 is 0 Å². The number of carbonyl (C=O) groups is 2. The van der Waals surface area contributed by atoms with Gasteiger partial charge in [-0.3, -0.25) is 29.8 Å². The largest absolute Gasteiger partial charge is 0.345 e. The summed E-state index contributed by atoms with van der Waals surface area (Å²) in [6, 6.07) is 15.6. The molecule has 11 heteroatoms. The molecule has 1 aromatic heterocycles. The number of amides is 2. The van der Waals surface area contributed by atoms with Gasteiger partial charge in [-0.25, -0.2) is 4.79 Å². The predicted molar refractivity (Wildman–Crippen MR) is 116 cm³/mol. The van der Waals surface area contributed by atoms with Crippen molar-refractivity contribution in [1.82, 2.24) is 25.7 Å². The zero-order valence-corrected chi connectivity index (χ0v) is 16.4. The van der Waals surface area contributed by atoms with Gasteiger partial charge in [0.05, 0.1) is 17.4 Å². The zero-order valence-electron chi connectivity index (χ0n) is 15.6. The monoisotopic (exact) mass is 426 g/mol. The van der Waals surface area contributed by atoms with Crippen LogP contribution in [-0.2, 0) is 16.1 Å². The molecule has 30 heavy (non-hydrogen) atoms. The van der Waals surface area contributed by atoms with E-state index in [0.717, 1.165) is 10.3 Å². The van der Waals surface area contributed by atoms with Gasteiger partial charge in [-0.05, 0) is 36.5 Å². The number of H-pyrrole nitrogens is 1. The molecule has 154 valence electrons. The van der Waals surface area contributed by atoms with Crippen LogP contribution < -0.4 is 32.7 Å². The maximum atomic E-state index is 12.4. The summed E-state index contributed by atoms with van der Waals surface area (Å²) >= 11 is 5.04. The van der Waals surface area contributed by atoms with Crippen LogP contribution in [0.4, 0.5) is 5.69 Å². The van der Waals surface area contributed by atoms with Crippen molar-refractivity contribution in [3.8, 4) is 0 Å². The molecule has 3 rings (SSSR count). The number of nitrogens with one attached hydrogen (secondary N) is 5. The molecule has 0 spiro atoms. The van der Waals surface area contributed by atoms with Crippen molar-refractivity contribution in [2.75, 3.05) is 11.9 Å². The van der Waals surface area contributed by atoms with Crippen molar-refractivity contribution in [2.45, 2.75) is 6.54 Å².